The molecule has 0 N–H and O–H groups in total. The largest absolute Gasteiger partial charge is 0.302 e. The van der Waals surface area contributed by atoms with Crippen molar-refractivity contribution in [2.24, 2.45) is 5.92 Å². The second-order valence-electron chi connectivity index (χ2n) is 4.63. The molecule has 0 spiro atoms. The van der Waals surface area contributed by atoms with E-state index >= 15 is 0 Å². The topological polar surface area (TPSA) is 6.48 Å². The van der Waals surface area contributed by atoms with Crippen LogP contribution < -0.4 is 0 Å². The zero-order valence-corrected chi connectivity index (χ0v) is 10.5. The van der Waals surface area contributed by atoms with Crippen molar-refractivity contribution in [1.82, 2.24) is 9.80 Å². The fraction of sp³-hybridized carbons (Fsp3) is 1.00. The van der Waals surface area contributed by atoms with Crippen LogP contribution in [0.1, 0.15) is 19.3 Å². The van der Waals surface area contributed by atoms with Gasteiger partial charge < -0.3 is 9.80 Å². The van der Waals surface area contributed by atoms with Crippen LogP contribution in [-0.4, -0.2) is 54.4 Å². The highest BCUT2D eigenvalue weighted by molar-refractivity contribution is 9.09. The predicted octanol–water partition coefficient (Wildman–Crippen LogP) is 1.80. The molecular formula is C11H21BrN2. The summed E-state index contributed by atoms with van der Waals surface area (Å²) in [7, 11) is 0. The van der Waals surface area contributed by atoms with Crippen LogP contribution in [0.5, 0.6) is 0 Å². The number of hydrogen-bond acceptors (Lipinski definition) is 2. The molecule has 1 saturated heterocycles. The zero-order valence-electron chi connectivity index (χ0n) is 8.92. The first-order valence-electron chi connectivity index (χ1n) is 5.89. The number of rotatable bonds is 4. The van der Waals surface area contributed by atoms with Crippen molar-refractivity contribution in [2.45, 2.75) is 19.3 Å². The lowest BCUT2D eigenvalue weighted by atomic mass is 10.3. The fourth-order valence-corrected chi connectivity index (χ4v) is 2.72. The van der Waals surface area contributed by atoms with Crippen molar-refractivity contribution in [3.05, 3.63) is 0 Å². The Bertz CT molecular complexity index is 171. The van der Waals surface area contributed by atoms with E-state index in [2.05, 4.69) is 25.7 Å². The maximum Gasteiger partial charge on any atom is 0.0159 e. The third-order valence-electron chi connectivity index (χ3n) is 3.30. The SMILES string of the molecule is BrCCN1CCCN(CC2CC2)CC1. The molecule has 0 unspecified atom stereocenters. The van der Waals surface area contributed by atoms with E-state index in [9.17, 15) is 0 Å². The van der Waals surface area contributed by atoms with Gasteiger partial charge in [0.25, 0.3) is 0 Å². The van der Waals surface area contributed by atoms with Gasteiger partial charge in [-0.3, -0.25) is 0 Å². The van der Waals surface area contributed by atoms with Crippen molar-refractivity contribution < 1.29 is 0 Å². The van der Waals surface area contributed by atoms with Crippen LogP contribution in [0.2, 0.25) is 0 Å². The van der Waals surface area contributed by atoms with Crippen LogP contribution in [0.4, 0.5) is 0 Å². The molecule has 0 amide bonds. The fourth-order valence-electron chi connectivity index (χ4n) is 2.22. The zero-order chi connectivity index (χ0) is 9.80. The first-order valence-corrected chi connectivity index (χ1v) is 7.01. The molecule has 3 heteroatoms. The molecule has 1 aliphatic carbocycles. The number of nitrogens with zero attached hydrogens (tertiary/aromatic N) is 2. The molecule has 0 atom stereocenters. The number of hydrogen-bond donors (Lipinski definition) is 0. The molecule has 1 saturated carbocycles. The monoisotopic (exact) mass is 260 g/mol. The summed E-state index contributed by atoms with van der Waals surface area (Å²) in [6, 6.07) is 0. The predicted molar refractivity (Wildman–Crippen MR) is 64.0 cm³/mol. The van der Waals surface area contributed by atoms with Gasteiger partial charge in [-0.2, -0.15) is 0 Å². The van der Waals surface area contributed by atoms with Gasteiger partial charge in [0, 0.05) is 31.5 Å². The van der Waals surface area contributed by atoms with Crippen molar-refractivity contribution in [1.29, 1.82) is 0 Å². The van der Waals surface area contributed by atoms with Crippen LogP contribution in [0.3, 0.4) is 0 Å². The Morgan fingerprint density at radius 3 is 2.43 bits per heavy atom. The molecule has 0 aromatic carbocycles. The minimum atomic E-state index is 1.05. The maximum absolute atomic E-state index is 3.52. The Balaban J connectivity index is 1.69. The molecule has 0 aromatic rings. The smallest absolute Gasteiger partial charge is 0.0159 e. The molecule has 2 nitrogen and oxygen atoms in total. The highest BCUT2D eigenvalue weighted by atomic mass is 79.9. The van der Waals surface area contributed by atoms with Gasteiger partial charge in [-0.1, -0.05) is 15.9 Å². The molecular weight excluding hydrogens is 240 g/mol. The molecule has 2 fully saturated rings. The second-order valence-corrected chi connectivity index (χ2v) is 5.42. The molecule has 1 heterocycles. The van der Waals surface area contributed by atoms with E-state index in [-0.39, 0.29) is 0 Å². The first kappa shape index (κ1) is 10.9. The summed E-state index contributed by atoms with van der Waals surface area (Å²) in [5.41, 5.74) is 0. The average Bonchev–Trinajstić information content (AvgIpc) is 2.97. The van der Waals surface area contributed by atoms with Crippen molar-refractivity contribution in [2.75, 3.05) is 44.6 Å². The minimum Gasteiger partial charge on any atom is -0.302 e. The van der Waals surface area contributed by atoms with Gasteiger partial charge in [0.2, 0.25) is 0 Å². The van der Waals surface area contributed by atoms with Gasteiger partial charge >= 0.3 is 0 Å². The van der Waals surface area contributed by atoms with E-state index in [1.54, 1.807) is 0 Å². The lowest BCUT2D eigenvalue weighted by molar-refractivity contribution is 0.257. The highest BCUT2D eigenvalue weighted by Gasteiger charge is 2.25. The maximum atomic E-state index is 3.52. The van der Waals surface area contributed by atoms with E-state index in [1.165, 1.54) is 58.5 Å². The van der Waals surface area contributed by atoms with Crippen LogP contribution in [0.15, 0.2) is 0 Å². The standard InChI is InChI=1S/C11H21BrN2/c12-4-7-13-5-1-6-14(9-8-13)10-11-2-3-11/h11H,1-10H2. The Labute approximate surface area is 95.8 Å². The Kier molecular flexibility index (Phi) is 4.26. The summed E-state index contributed by atoms with van der Waals surface area (Å²) < 4.78 is 0. The lowest BCUT2D eigenvalue weighted by Crippen LogP contribution is -2.32. The third kappa shape index (κ3) is 3.52. The van der Waals surface area contributed by atoms with Gasteiger partial charge in [0.1, 0.15) is 0 Å². The molecule has 82 valence electrons. The second kappa shape index (κ2) is 5.47. The van der Waals surface area contributed by atoms with E-state index in [0.29, 0.717) is 0 Å². The van der Waals surface area contributed by atoms with Gasteiger partial charge in [-0.15, -0.1) is 0 Å². The minimum absolute atomic E-state index is 1.05. The molecule has 0 aromatic heterocycles. The van der Waals surface area contributed by atoms with Crippen molar-refractivity contribution in [3.8, 4) is 0 Å². The first-order chi connectivity index (χ1) is 6.88. The summed E-state index contributed by atoms with van der Waals surface area (Å²) >= 11 is 3.52. The summed E-state index contributed by atoms with van der Waals surface area (Å²) in [6.07, 6.45) is 4.34. The van der Waals surface area contributed by atoms with Gasteiger partial charge in [0.05, 0.1) is 0 Å². The van der Waals surface area contributed by atoms with Crippen LogP contribution in [0, 0.1) is 5.92 Å². The summed E-state index contributed by atoms with van der Waals surface area (Å²) in [5.74, 6) is 1.05. The lowest BCUT2D eigenvalue weighted by Gasteiger charge is -2.20. The molecule has 1 aliphatic heterocycles. The number of alkyl halides is 1. The molecule has 0 bridgehead atoms. The van der Waals surface area contributed by atoms with E-state index < -0.39 is 0 Å². The van der Waals surface area contributed by atoms with Crippen molar-refractivity contribution >= 4 is 15.9 Å². The Morgan fingerprint density at radius 2 is 1.71 bits per heavy atom. The van der Waals surface area contributed by atoms with E-state index in [4.69, 9.17) is 0 Å². The van der Waals surface area contributed by atoms with Gasteiger partial charge in [0.15, 0.2) is 0 Å². The summed E-state index contributed by atoms with van der Waals surface area (Å²) in [4.78, 5) is 5.26. The molecule has 2 aliphatic rings. The van der Waals surface area contributed by atoms with Crippen LogP contribution in [0.25, 0.3) is 0 Å². The van der Waals surface area contributed by atoms with E-state index in [1.807, 2.05) is 0 Å². The average molecular weight is 261 g/mol. The number of halogens is 1. The molecule has 0 radical (unpaired) electrons. The summed E-state index contributed by atoms with van der Waals surface area (Å²) in [5, 5.41) is 1.12. The van der Waals surface area contributed by atoms with Gasteiger partial charge in [-0.05, 0) is 38.3 Å². The highest BCUT2D eigenvalue weighted by Crippen LogP contribution is 2.29. The van der Waals surface area contributed by atoms with Crippen LogP contribution >= 0.6 is 15.9 Å². The Morgan fingerprint density at radius 1 is 1.00 bits per heavy atom. The molecule has 14 heavy (non-hydrogen) atoms. The van der Waals surface area contributed by atoms with Crippen LogP contribution in [-0.2, 0) is 0 Å². The molecule has 2 rings (SSSR count). The summed E-state index contributed by atoms with van der Waals surface area (Å²) in [6.45, 7) is 7.79. The van der Waals surface area contributed by atoms with Gasteiger partial charge in [-0.25, -0.2) is 0 Å². The third-order valence-corrected chi connectivity index (χ3v) is 3.65. The quantitative estimate of drug-likeness (QED) is 0.712. The van der Waals surface area contributed by atoms with E-state index in [0.717, 1.165) is 11.2 Å². The Hall–Kier alpha value is 0.400. The van der Waals surface area contributed by atoms with Crippen molar-refractivity contribution in [3.63, 3.8) is 0 Å². The normalized spacial score (nSPS) is 26.4.